The summed E-state index contributed by atoms with van der Waals surface area (Å²) in [6, 6.07) is 16.2. The minimum absolute atomic E-state index is 0.00647. The molecule has 0 fully saturated rings. The van der Waals surface area contributed by atoms with E-state index in [-0.39, 0.29) is 11.9 Å². The van der Waals surface area contributed by atoms with Gasteiger partial charge in [-0.3, -0.25) is 4.79 Å². The lowest BCUT2D eigenvalue weighted by atomic mass is 10.1. The molecule has 1 aliphatic rings. The molecule has 156 valence electrons. The van der Waals surface area contributed by atoms with Crippen molar-refractivity contribution in [2.45, 2.75) is 26.4 Å². The molecular weight excluding hydrogens is 388 g/mol. The monoisotopic (exact) mass is 412 g/mol. The molecule has 1 amide bonds. The van der Waals surface area contributed by atoms with Crippen molar-refractivity contribution in [3.8, 4) is 22.5 Å². The normalized spacial score (nSPS) is 15.1. The van der Waals surface area contributed by atoms with Crippen molar-refractivity contribution >= 4 is 17.5 Å². The minimum Gasteiger partial charge on any atom is -0.357 e. The largest absolute Gasteiger partial charge is 0.357 e. The summed E-state index contributed by atoms with van der Waals surface area (Å²) in [6.07, 6.45) is 4.14. The Kier molecular flexibility index (Phi) is 4.58. The Hall–Kier alpha value is -3.87. The highest BCUT2D eigenvalue weighted by Crippen LogP contribution is 2.29. The molecule has 0 spiro atoms. The number of carbonyl (C=O) groups is 1. The van der Waals surface area contributed by atoms with Crippen LogP contribution in [0.2, 0.25) is 0 Å². The van der Waals surface area contributed by atoms with Crippen LogP contribution in [0.25, 0.3) is 22.5 Å². The summed E-state index contributed by atoms with van der Waals surface area (Å²) < 4.78 is 3.89. The smallest absolute Gasteiger partial charge is 0.252 e. The summed E-state index contributed by atoms with van der Waals surface area (Å²) in [5, 5.41) is 11.0. The van der Waals surface area contributed by atoms with Gasteiger partial charge in [-0.25, -0.2) is 4.68 Å². The van der Waals surface area contributed by atoms with Crippen molar-refractivity contribution in [1.29, 1.82) is 0 Å². The molecule has 0 saturated carbocycles. The maximum Gasteiger partial charge on any atom is 0.252 e. The zero-order valence-electron chi connectivity index (χ0n) is 17.8. The second-order valence-corrected chi connectivity index (χ2v) is 7.84. The molecule has 1 atom stereocenters. The Morgan fingerprint density at radius 2 is 1.84 bits per heavy atom. The average molecular weight is 412 g/mol. The van der Waals surface area contributed by atoms with Crippen LogP contribution in [-0.4, -0.2) is 25.2 Å². The van der Waals surface area contributed by atoms with Gasteiger partial charge in [0.05, 0.1) is 6.04 Å². The molecule has 2 aromatic heterocycles. The highest BCUT2D eigenvalue weighted by molar-refractivity contribution is 5.99. The molecule has 31 heavy (non-hydrogen) atoms. The third kappa shape index (κ3) is 3.48. The van der Waals surface area contributed by atoms with E-state index in [1.165, 1.54) is 5.56 Å². The van der Waals surface area contributed by atoms with Crippen molar-refractivity contribution in [1.82, 2.24) is 24.6 Å². The second kappa shape index (κ2) is 7.43. The fourth-order valence-electron chi connectivity index (χ4n) is 3.95. The summed E-state index contributed by atoms with van der Waals surface area (Å²) >= 11 is 0. The molecule has 2 N–H and O–H groups in total. The number of fused-ring (bicyclic) bond motifs is 1. The summed E-state index contributed by atoms with van der Waals surface area (Å²) in [7, 11) is 2.02. The topological polar surface area (TPSA) is 76.8 Å². The summed E-state index contributed by atoms with van der Waals surface area (Å²) in [6.45, 7) is 4.72. The Morgan fingerprint density at radius 1 is 1.06 bits per heavy atom. The average Bonchev–Trinajstić information content (AvgIpc) is 3.46. The SMILES string of the molecule is CCn1nc(-c2ccc(-c3ccn(C)c3)cc2)nc1Nc1ccc2c(c1)C(C)NC2=O. The lowest BCUT2D eigenvalue weighted by Crippen LogP contribution is -2.16. The number of aromatic nitrogens is 4. The van der Waals surface area contributed by atoms with E-state index in [0.717, 1.165) is 27.9 Å². The van der Waals surface area contributed by atoms with Gasteiger partial charge in [0.15, 0.2) is 5.82 Å². The van der Waals surface area contributed by atoms with Crippen molar-refractivity contribution in [3.63, 3.8) is 0 Å². The molecule has 0 bridgehead atoms. The predicted octanol–water partition coefficient (Wildman–Crippen LogP) is 4.52. The van der Waals surface area contributed by atoms with Crippen molar-refractivity contribution in [2.75, 3.05) is 5.32 Å². The molecule has 7 nitrogen and oxygen atoms in total. The van der Waals surface area contributed by atoms with Gasteiger partial charge in [-0.05, 0) is 54.8 Å². The van der Waals surface area contributed by atoms with E-state index < -0.39 is 0 Å². The predicted molar refractivity (Wildman–Crippen MR) is 121 cm³/mol. The first-order chi connectivity index (χ1) is 15.0. The van der Waals surface area contributed by atoms with E-state index in [2.05, 4.69) is 52.3 Å². The van der Waals surface area contributed by atoms with E-state index in [1.54, 1.807) is 0 Å². The zero-order valence-corrected chi connectivity index (χ0v) is 17.8. The number of anilines is 2. The van der Waals surface area contributed by atoms with E-state index in [0.29, 0.717) is 18.3 Å². The van der Waals surface area contributed by atoms with E-state index in [1.807, 2.05) is 54.5 Å². The van der Waals surface area contributed by atoms with Gasteiger partial charge in [-0.2, -0.15) is 4.98 Å². The maximum absolute atomic E-state index is 12.0. The van der Waals surface area contributed by atoms with Gasteiger partial charge >= 0.3 is 0 Å². The Labute approximate surface area is 180 Å². The van der Waals surface area contributed by atoms with Crippen molar-refractivity contribution in [2.24, 2.45) is 7.05 Å². The number of amides is 1. The lowest BCUT2D eigenvalue weighted by molar-refractivity contribution is 0.0958. The Morgan fingerprint density at radius 3 is 2.55 bits per heavy atom. The van der Waals surface area contributed by atoms with Crippen LogP contribution in [0.1, 0.15) is 35.8 Å². The number of benzene rings is 2. The molecule has 0 radical (unpaired) electrons. The van der Waals surface area contributed by atoms with Crippen LogP contribution in [0.15, 0.2) is 60.9 Å². The van der Waals surface area contributed by atoms with Gasteiger partial charge in [-0.15, -0.1) is 5.10 Å². The van der Waals surface area contributed by atoms with Crippen LogP contribution < -0.4 is 10.6 Å². The van der Waals surface area contributed by atoms with Crippen LogP contribution in [0.5, 0.6) is 0 Å². The summed E-state index contributed by atoms with van der Waals surface area (Å²) in [5.41, 5.74) is 5.92. The molecule has 3 heterocycles. The van der Waals surface area contributed by atoms with Gasteiger partial charge in [0.1, 0.15) is 0 Å². The maximum atomic E-state index is 12.0. The van der Waals surface area contributed by atoms with Gasteiger partial charge in [0.25, 0.3) is 5.91 Å². The van der Waals surface area contributed by atoms with Crippen LogP contribution in [-0.2, 0) is 13.6 Å². The van der Waals surface area contributed by atoms with Crippen LogP contribution in [0.4, 0.5) is 11.6 Å². The van der Waals surface area contributed by atoms with E-state index in [4.69, 9.17) is 4.98 Å². The molecule has 0 aliphatic carbocycles. The summed E-state index contributed by atoms with van der Waals surface area (Å²) in [4.78, 5) is 16.7. The molecule has 1 aliphatic heterocycles. The number of rotatable bonds is 5. The number of carbonyl (C=O) groups excluding carboxylic acids is 1. The Bertz CT molecular complexity index is 1270. The van der Waals surface area contributed by atoms with Gasteiger partial charge in [-0.1, -0.05) is 24.3 Å². The standard InChI is InChI=1S/C24H24N6O/c1-4-30-24(26-19-9-10-20-21(13-19)15(2)25-23(20)31)27-22(28-30)17-7-5-16(6-8-17)18-11-12-29(3)14-18/h5-15H,4H2,1-3H3,(H,25,31)(H,26,27,28). The third-order valence-electron chi connectivity index (χ3n) is 5.65. The molecule has 2 aromatic carbocycles. The first kappa shape index (κ1) is 19.1. The number of hydrogen-bond acceptors (Lipinski definition) is 4. The number of hydrogen-bond donors (Lipinski definition) is 2. The van der Waals surface area contributed by atoms with Crippen molar-refractivity contribution < 1.29 is 4.79 Å². The highest BCUT2D eigenvalue weighted by Gasteiger charge is 2.25. The van der Waals surface area contributed by atoms with Gasteiger partial charge in [0, 0.05) is 42.8 Å². The molecule has 1 unspecified atom stereocenters. The molecule has 5 rings (SSSR count). The van der Waals surface area contributed by atoms with Crippen LogP contribution >= 0.6 is 0 Å². The van der Waals surface area contributed by atoms with Gasteiger partial charge < -0.3 is 15.2 Å². The lowest BCUT2D eigenvalue weighted by Gasteiger charge is -2.09. The fraction of sp³-hybridized carbons (Fsp3) is 0.208. The first-order valence-corrected chi connectivity index (χ1v) is 10.4. The quantitative estimate of drug-likeness (QED) is 0.505. The first-order valence-electron chi connectivity index (χ1n) is 10.4. The fourth-order valence-corrected chi connectivity index (χ4v) is 3.95. The molecule has 7 heteroatoms. The Balaban J connectivity index is 1.41. The second-order valence-electron chi connectivity index (χ2n) is 7.84. The van der Waals surface area contributed by atoms with E-state index >= 15 is 0 Å². The highest BCUT2D eigenvalue weighted by atomic mass is 16.2. The van der Waals surface area contributed by atoms with Crippen LogP contribution in [0.3, 0.4) is 0 Å². The van der Waals surface area contributed by atoms with E-state index in [9.17, 15) is 4.79 Å². The van der Waals surface area contributed by atoms with Crippen molar-refractivity contribution in [3.05, 3.63) is 72.1 Å². The minimum atomic E-state index is -0.0213. The van der Waals surface area contributed by atoms with Crippen LogP contribution in [0, 0.1) is 0 Å². The zero-order chi connectivity index (χ0) is 21.5. The molecule has 0 saturated heterocycles. The molecular formula is C24H24N6O. The molecule has 4 aromatic rings. The summed E-state index contributed by atoms with van der Waals surface area (Å²) in [5.74, 6) is 1.33. The number of nitrogens with zero attached hydrogens (tertiary/aromatic N) is 4. The third-order valence-corrected chi connectivity index (χ3v) is 5.65. The number of aryl methyl sites for hydroxylation is 2. The number of nitrogens with one attached hydrogen (secondary N) is 2. The van der Waals surface area contributed by atoms with Gasteiger partial charge in [0.2, 0.25) is 5.95 Å².